The molecule has 0 radical (unpaired) electrons. The molecular formula is C21H23Cl2N3O4. The third-order valence-corrected chi connectivity index (χ3v) is 5.19. The van der Waals surface area contributed by atoms with E-state index in [1.54, 1.807) is 31.2 Å². The minimum Gasteiger partial charge on any atom is -0.354 e. The highest BCUT2D eigenvalue weighted by Gasteiger charge is 2.28. The lowest BCUT2D eigenvalue weighted by molar-refractivity contribution is -0.385. The molecule has 9 heteroatoms. The number of amides is 2. The summed E-state index contributed by atoms with van der Waals surface area (Å²) in [5.74, 6) is -0.729. The summed E-state index contributed by atoms with van der Waals surface area (Å²) in [4.78, 5) is 37.8. The molecule has 160 valence electrons. The molecule has 0 saturated carbocycles. The van der Waals surface area contributed by atoms with E-state index in [1.807, 2.05) is 6.92 Å². The van der Waals surface area contributed by atoms with Crippen molar-refractivity contribution in [3.63, 3.8) is 0 Å². The average molecular weight is 452 g/mol. The largest absolute Gasteiger partial charge is 0.354 e. The van der Waals surface area contributed by atoms with Gasteiger partial charge in [0, 0.05) is 34.8 Å². The topological polar surface area (TPSA) is 92.6 Å². The molecular weight excluding hydrogens is 429 g/mol. The normalized spacial score (nSPS) is 11.6. The molecule has 2 rings (SSSR count). The molecule has 0 aliphatic heterocycles. The van der Waals surface area contributed by atoms with Gasteiger partial charge in [0.15, 0.2) is 0 Å². The Kier molecular flexibility index (Phi) is 8.62. The smallest absolute Gasteiger partial charge is 0.273 e. The SMILES string of the molecule is CCCNC(=O)C(C)N(Cc1ccc(Cl)cc1Cl)C(=O)Cc1ccccc1[N+](=O)[O-]. The Morgan fingerprint density at radius 2 is 1.87 bits per heavy atom. The van der Waals surface area contributed by atoms with Crippen molar-refractivity contribution in [2.24, 2.45) is 0 Å². The quantitative estimate of drug-likeness (QED) is 0.451. The van der Waals surface area contributed by atoms with Crippen LogP contribution in [0.4, 0.5) is 5.69 Å². The van der Waals surface area contributed by atoms with Crippen molar-refractivity contribution in [1.82, 2.24) is 10.2 Å². The van der Waals surface area contributed by atoms with Crippen molar-refractivity contribution >= 4 is 40.7 Å². The summed E-state index contributed by atoms with van der Waals surface area (Å²) in [7, 11) is 0. The number of nitro benzene ring substituents is 1. The Bertz CT molecular complexity index is 936. The number of nitrogens with zero attached hydrogens (tertiary/aromatic N) is 2. The van der Waals surface area contributed by atoms with Crippen molar-refractivity contribution in [2.75, 3.05) is 6.54 Å². The monoisotopic (exact) mass is 451 g/mol. The first kappa shape index (κ1) is 23.6. The molecule has 0 spiro atoms. The van der Waals surface area contributed by atoms with Gasteiger partial charge in [0.05, 0.1) is 11.3 Å². The molecule has 0 aromatic heterocycles. The van der Waals surface area contributed by atoms with E-state index < -0.39 is 16.9 Å². The number of hydrogen-bond donors (Lipinski definition) is 1. The third kappa shape index (κ3) is 6.18. The van der Waals surface area contributed by atoms with Gasteiger partial charge in [-0.3, -0.25) is 19.7 Å². The van der Waals surface area contributed by atoms with Crippen molar-refractivity contribution in [1.29, 1.82) is 0 Å². The molecule has 2 aromatic carbocycles. The molecule has 1 atom stereocenters. The molecule has 1 N–H and O–H groups in total. The van der Waals surface area contributed by atoms with Crippen molar-refractivity contribution in [3.8, 4) is 0 Å². The molecule has 2 aromatic rings. The van der Waals surface area contributed by atoms with Crippen LogP contribution in [0.15, 0.2) is 42.5 Å². The summed E-state index contributed by atoms with van der Waals surface area (Å²) in [6.45, 7) is 4.09. The van der Waals surface area contributed by atoms with Gasteiger partial charge in [0.2, 0.25) is 11.8 Å². The molecule has 7 nitrogen and oxygen atoms in total. The second-order valence-corrected chi connectivity index (χ2v) is 7.63. The summed E-state index contributed by atoms with van der Waals surface area (Å²) in [5, 5.41) is 14.9. The molecule has 0 saturated heterocycles. The third-order valence-electron chi connectivity index (χ3n) is 4.60. The van der Waals surface area contributed by atoms with Crippen molar-refractivity contribution in [2.45, 2.75) is 39.3 Å². The highest BCUT2D eigenvalue weighted by atomic mass is 35.5. The van der Waals surface area contributed by atoms with Gasteiger partial charge >= 0.3 is 0 Å². The fourth-order valence-corrected chi connectivity index (χ4v) is 3.38. The second-order valence-electron chi connectivity index (χ2n) is 6.79. The lowest BCUT2D eigenvalue weighted by atomic mass is 10.1. The standard InChI is InChI=1S/C21H23Cl2N3O4/c1-3-10-24-21(28)14(2)25(13-16-8-9-17(22)12-18(16)23)20(27)11-15-6-4-5-7-19(15)26(29)30/h4-9,12,14H,3,10-11,13H2,1-2H3,(H,24,28). The van der Waals surface area contributed by atoms with Crippen molar-refractivity contribution in [3.05, 3.63) is 73.8 Å². The Hall–Kier alpha value is -2.64. The Balaban J connectivity index is 2.33. The van der Waals surface area contributed by atoms with Crippen LogP contribution in [0.25, 0.3) is 0 Å². The first-order valence-electron chi connectivity index (χ1n) is 9.48. The van der Waals surface area contributed by atoms with Crippen LogP contribution in [0, 0.1) is 10.1 Å². The second kappa shape index (κ2) is 10.9. The van der Waals surface area contributed by atoms with Crippen LogP contribution in [-0.2, 0) is 22.6 Å². The Labute approximate surface area is 185 Å². The van der Waals surface area contributed by atoms with Crippen LogP contribution in [0.2, 0.25) is 10.0 Å². The highest BCUT2D eigenvalue weighted by molar-refractivity contribution is 6.35. The van der Waals surface area contributed by atoms with Gasteiger partial charge in [-0.25, -0.2) is 0 Å². The molecule has 30 heavy (non-hydrogen) atoms. The fourth-order valence-electron chi connectivity index (χ4n) is 2.91. The zero-order valence-corrected chi connectivity index (χ0v) is 18.2. The van der Waals surface area contributed by atoms with E-state index in [0.717, 1.165) is 6.42 Å². The maximum Gasteiger partial charge on any atom is 0.273 e. The molecule has 0 aliphatic carbocycles. The number of nitro groups is 1. The van der Waals surface area contributed by atoms with E-state index in [9.17, 15) is 19.7 Å². The minimum atomic E-state index is -0.793. The maximum absolute atomic E-state index is 13.1. The Morgan fingerprint density at radius 3 is 2.50 bits per heavy atom. The number of nitrogens with one attached hydrogen (secondary N) is 1. The lowest BCUT2D eigenvalue weighted by Gasteiger charge is -2.29. The average Bonchev–Trinajstić information content (AvgIpc) is 2.71. The van der Waals surface area contributed by atoms with E-state index in [-0.39, 0.29) is 30.1 Å². The first-order chi connectivity index (χ1) is 14.2. The summed E-state index contributed by atoms with van der Waals surface area (Å²) in [6, 6.07) is 10.2. The van der Waals surface area contributed by atoms with Crippen molar-refractivity contribution < 1.29 is 14.5 Å². The van der Waals surface area contributed by atoms with Gasteiger partial charge in [-0.05, 0) is 31.0 Å². The number of carbonyl (C=O) groups excluding carboxylic acids is 2. The summed E-state index contributed by atoms with van der Waals surface area (Å²) in [5.41, 5.74) is 0.756. The lowest BCUT2D eigenvalue weighted by Crippen LogP contribution is -2.48. The van der Waals surface area contributed by atoms with Gasteiger partial charge in [0.1, 0.15) is 6.04 Å². The minimum absolute atomic E-state index is 0.0657. The molecule has 0 aliphatic rings. The fraction of sp³-hybridized carbons (Fsp3) is 0.333. The summed E-state index contributed by atoms with van der Waals surface area (Å²) >= 11 is 12.2. The summed E-state index contributed by atoms with van der Waals surface area (Å²) < 4.78 is 0. The molecule has 1 unspecified atom stereocenters. The van der Waals surface area contributed by atoms with E-state index in [2.05, 4.69) is 5.32 Å². The number of hydrogen-bond acceptors (Lipinski definition) is 4. The number of halogens is 2. The number of para-hydroxylation sites is 1. The number of rotatable bonds is 9. The van der Waals surface area contributed by atoms with E-state index in [4.69, 9.17) is 23.2 Å². The predicted molar refractivity (Wildman–Crippen MR) is 117 cm³/mol. The summed E-state index contributed by atoms with van der Waals surface area (Å²) in [6.07, 6.45) is 0.541. The van der Waals surface area contributed by atoms with E-state index in [0.29, 0.717) is 22.2 Å². The van der Waals surface area contributed by atoms with Crippen LogP contribution in [0.3, 0.4) is 0 Å². The van der Waals surface area contributed by atoms with Crippen LogP contribution < -0.4 is 5.32 Å². The van der Waals surface area contributed by atoms with E-state index in [1.165, 1.54) is 23.1 Å². The van der Waals surface area contributed by atoms with Crippen LogP contribution in [0.5, 0.6) is 0 Å². The van der Waals surface area contributed by atoms with Gasteiger partial charge in [-0.15, -0.1) is 0 Å². The van der Waals surface area contributed by atoms with Gasteiger partial charge in [-0.1, -0.05) is 54.4 Å². The van der Waals surface area contributed by atoms with Gasteiger partial charge in [-0.2, -0.15) is 0 Å². The van der Waals surface area contributed by atoms with Gasteiger partial charge in [0.25, 0.3) is 5.69 Å². The molecule has 2 amide bonds. The maximum atomic E-state index is 13.1. The van der Waals surface area contributed by atoms with Crippen LogP contribution in [0.1, 0.15) is 31.4 Å². The molecule has 0 bridgehead atoms. The predicted octanol–water partition coefficient (Wildman–Crippen LogP) is 4.39. The first-order valence-corrected chi connectivity index (χ1v) is 10.2. The molecule has 0 fully saturated rings. The van der Waals surface area contributed by atoms with E-state index >= 15 is 0 Å². The highest BCUT2D eigenvalue weighted by Crippen LogP contribution is 2.24. The Morgan fingerprint density at radius 1 is 1.17 bits per heavy atom. The number of carbonyl (C=O) groups is 2. The molecule has 0 heterocycles. The van der Waals surface area contributed by atoms with Crippen LogP contribution in [-0.4, -0.2) is 34.2 Å². The zero-order chi connectivity index (χ0) is 22.3. The van der Waals surface area contributed by atoms with Crippen LogP contribution >= 0.6 is 23.2 Å². The number of benzene rings is 2. The van der Waals surface area contributed by atoms with Gasteiger partial charge < -0.3 is 10.2 Å². The zero-order valence-electron chi connectivity index (χ0n) is 16.7.